The number of halogens is 2. The second-order valence-corrected chi connectivity index (χ2v) is 6.10. The molecule has 3 rings (SSSR count). The Balaban J connectivity index is 1.60. The maximum absolute atomic E-state index is 13.2. The van der Waals surface area contributed by atoms with Crippen LogP contribution in [0.4, 0.5) is 10.1 Å². The molecule has 0 unspecified atom stereocenters. The van der Waals surface area contributed by atoms with Crippen molar-refractivity contribution < 1.29 is 13.9 Å². The number of nitrogens with one attached hydrogen (secondary N) is 1. The van der Waals surface area contributed by atoms with Crippen LogP contribution in [0.15, 0.2) is 72.8 Å². The molecule has 0 bridgehead atoms. The van der Waals surface area contributed by atoms with Crippen molar-refractivity contribution in [2.45, 2.75) is 6.42 Å². The lowest BCUT2D eigenvalue weighted by molar-refractivity contribution is 0.102. The normalized spacial score (nSPS) is 10.4. The molecule has 0 aliphatic heterocycles. The summed E-state index contributed by atoms with van der Waals surface area (Å²) in [5.74, 6) is -0.231. The van der Waals surface area contributed by atoms with Gasteiger partial charge in [0.25, 0.3) is 5.91 Å². The minimum atomic E-state index is -0.529. The smallest absolute Gasteiger partial charge is 0.255 e. The summed E-state index contributed by atoms with van der Waals surface area (Å²) in [5, 5.41) is 2.65. The van der Waals surface area contributed by atoms with Gasteiger partial charge in [0, 0.05) is 17.7 Å². The van der Waals surface area contributed by atoms with E-state index in [1.54, 1.807) is 24.3 Å². The summed E-state index contributed by atoms with van der Waals surface area (Å²) in [5.41, 5.74) is 2.06. The van der Waals surface area contributed by atoms with Gasteiger partial charge in [-0.3, -0.25) is 4.79 Å². The predicted molar refractivity (Wildman–Crippen MR) is 101 cm³/mol. The number of carbonyl (C=O) groups is 1. The van der Waals surface area contributed by atoms with Gasteiger partial charge in [0.15, 0.2) is 0 Å². The Kier molecular flexibility index (Phi) is 5.87. The van der Waals surface area contributed by atoms with E-state index in [9.17, 15) is 9.18 Å². The molecule has 0 saturated heterocycles. The molecule has 3 nitrogen and oxygen atoms in total. The molecule has 26 heavy (non-hydrogen) atoms. The van der Waals surface area contributed by atoms with E-state index in [0.29, 0.717) is 23.6 Å². The van der Waals surface area contributed by atoms with E-state index in [1.165, 1.54) is 23.8 Å². The molecule has 1 amide bonds. The first kappa shape index (κ1) is 18.0. The van der Waals surface area contributed by atoms with Gasteiger partial charge in [0.05, 0.1) is 11.6 Å². The van der Waals surface area contributed by atoms with Crippen LogP contribution in [0.2, 0.25) is 5.02 Å². The number of amides is 1. The van der Waals surface area contributed by atoms with Gasteiger partial charge in [0.2, 0.25) is 0 Å². The highest BCUT2D eigenvalue weighted by Gasteiger charge is 2.09. The number of hydrogen-bond acceptors (Lipinski definition) is 2. The molecule has 0 aliphatic rings. The Morgan fingerprint density at radius 1 is 1.00 bits per heavy atom. The van der Waals surface area contributed by atoms with Crippen molar-refractivity contribution in [2.75, 3.05) is 11.9 Å². The van der Waals surface area contributed by atoms with Gasteiger partial charge in [0.1, 0.15) is 11.6 Å². The van der Waals surface area contributed by atoms with Crippen molar-refractivity contribution in [3.8, 4) is 5.75 Å². The number of hydrogen-bond donors (Lipinski definition) is 1. The SMILES string of the molecule is O=C(Nc1ccc(F)c(Cl)c1)c1cccc(OCCc2ccccc2)c1. The van der Waals surface area contributed by atoms with Crippen LogP contribution in [0, 0.1) is 5.82 Å². The standard InChI is InChI=1S/C21H17ClFNO2/c22-19-14-17(9-10-20(19)23)24-21(25)16-7-4-8-18(13-16)26-12-11-15-5-2-1-3-6-15/h1-10,13-14H,11-12H2,(H,24,25). The first-order valence-corrected chi connectivity index (χ1v) is 8.53. The second-order valence-electron chi connectivity index (χ2n) is 5.69. The van der Waals surface area contributed by atoms with E-state index >= 15 is 0 Å². The minimum Gasteiger partial charge on any atom is -0.493 e. The van der Waals surface area contributed by atoms with E-state index in [-0.39, 0.29) is 10.9 Å². The first-order chi connectivity index (χ1) is 12.6. The average Bonchev–Trinajstić information content (AvgIpc) is 2.66. The zero-order valence-corrected chi connectivity index (χ0v) is 14.7. The largest absolute Gasteiger partial charge is 0.493 e. The monoisotopic (exact) mass is 369 g/mol. The summed E-state index contributed by atoms with van der Waals surface area (Å²) < 4.78 is 18.9. The molecule has 0 fully saturated rings. The third-order valence-corrected chi connectivity index (χ3v) is 4.07. The second kappa shape index (κ2) is 8.50. The topological polar surface area (TPSA) is 38.3 Å². The number of carbonyl (C=O) groups excluding carboxylic acids is 1. The Morgan fingerprint density at radius 3 is 2.58 bits per heavy atom. The molecule has 5 heteroatoms. The van der Waals surface area contributed by atoms with Crippen molar-refractivity contribution in [3.63, 3.8) is 0 Å². The Morgan fingerprint density at radius 2 is 1.81 bits per heavy atom. The third-order valence-electron chi connectivity index (χ3n) is 3.78. The first-order valence-electron chi connectivity index (χ1n) is 8.15. The van der Waals surface area contributed by atoms with E-state index in [4.69, 9.17) is 16.3 Å². The molecule has 0 radical (unpaired) electrons. The van der Waals surface area contributed by atoms with Crippen molar-refractivity contribution in [3.05, 3.63) is 94.8 Å². The molecule has 3 aromatic carbocycles. The minimum absolute atomic E-state index is 0.0409. The molecule has 132 valence electrons. The van der Waals surface area contributed by atoms with Crippen molar-refractivity contribution in [1.82, 2.24) is 0 Å². The zero-order chi connectivity index (χ0) is 18.4. The molecule has 0 aliphatic carbocycles. The zero-order valence-electron chi connectivity index (χ0n) is 13.9. The summed E-state index contributed by atoms with van der Waals surface area (Å²) in [7, 11) is 0. The molecule has 0 atom stereocenters. The highest BCUT2D eigenvalue weighted by Crippen LogP contribution is 2.21. The van der Waals surface area contributed by atoms with Crippen LogP contribution in [0.3, 0.4) is 0 Å². The van der Waals surface area contributed by atoms with Crippen LogP contribution < -0.4 is 10.1 Å². The fourth-order valence-corrected chi connectivity index (χ4v) is 2.62. The van der Waals surface area contributed by atoms with E-state index < -0.39 is 5.82 Å². The van der Waals surface area contributed by atoms with Crippen molar-refractivity contribution in [1.29, 1.82) is 0 Å². The highest BCUT2D eigenvalue weighted by molar-refractivity contribution is 6.31. The molecule has 0 spiro atoms. The molecule has 0 heterocycles. The quantitative estimate of drug-likeness (QED) is 0.635. The number of benzene rings is 3. The fourth-order valence-electron chi connectivity index (χ4n) is 2.44. The molecule has 0 aromatic heterocycles. The van der Waals surface area contributed by atoms with Gasteiger partial charge in [-0.15, -0.1) is 0 Å². The van der Waals surface area contributed by atoms with E-state index in [0.717, 1.165) is 6.42 Å². The Bertz CT molecular complexity index is 900. The summed E-state index contributed by atoms with van der Waals surface area (Å²) in [6, 6.07) is 21.0. The van der Waals surface area contributed by atoms with Gasteiger partial charge in [-0.1, -0.05) is 48.0 Å². The van der Waals surface area contributed by atoms with Crippen molar-refractivity contribution >= 4 is 23.2 Å². The molecule has 3 aromatic rings. The van der Waals surface area contributed by atoms with Crippen LogP contribution >= 0.6 is 11.6 Å². The number of rotatable bonds is 6. The molecular formula is C21H17ClFNO2. The van der Waals surface area contributed by atoms with E-state index in [2.05, 4.69) is 5.32 Å². The molecular weight excluding hydrogens is 353 g/mol. The molecule has 0 saturated carbocycles. The maximum Gasteiger partial charge on any atom is 0.255 e. The van der Waals surface area contributed by atoms with Crippen LogP contribution in [0.5, 0.6) is 5.75 Å². The summed E-state index contributed by atoms with van der Waals surface area (Å²) >= 11 is 5.73. The van der Waals surface area contributed by atoms with Gasteiger partial charge in [-0.25, -0.2) is 4.39 Å². The van der Waals surface area contributed by atoms with Gasteiger partial charge < -0.3 is 10.1 Å². The van der Waals surface area contributed by atoms with Crippen LogP contribution in [-0.2, 0) is 6.42 Å². The molecule has 1 N–H and O–H groups in total. The van der Waals surface area contributed by atoms with Gasteiger partial charge in [-0.2, -0.15) is 0 Å². The predicted octanol–water partition coefficient (Wildman–Crippen LogP) is 5.35. The van der Waals surface area contributed by atoms with Crippen LogP contribution in [0.25, 0.3) is 0 Å². The van der Waals surface area contributed by atoms with Gasteiger partial charge >= 0.3 is 0 Å². The van der Waals surface area contributed by atoms with E-state index in [1.807, 2.05) is 30.3 Å². The van der Waals surface area contributed by atoms with Crippen molar-refractivity contribution in [2.24, 2.45) is 0 Å². The fraction of sp³-hybridized carbons (Fsp3) is 0.0952. The number of ether oxygens (including phenoxy) is 1. The lowest BCUT2D eigenvalue weighted by atomic mass is 10.1. The Labute approximate surface area is 156 Å². The lowest BCUT2D eigenvalue weighted by Gasteiger charge is -2.09. The van der Waals surface area contributed by atoms with Gasteiger partial charge in [-0.05, 0) is 42.0 Å². The summed E-state index contributed by atoms with van der Waals surface area (Å²) in [4.78, 5) is 12.4. The maximum atomic E-state index is 13.2. The Hall–Kier alpha value is -2.85. The average molecular weight is 370 g/mol. The summed E-state index contributed by atoms with van der Waals surface area (Å²) in [6.07, 6.45) is 0.783. The van der Waals surface area contributed by atoms with Crippen LogP contribution in [0.1, 0.15) is 15.9 Å². The third kappa shape index (κ3) is 4.83. The highest BCUT2D eigenvalue weighted by atomic mass is 35.5. The lowest BCUT2D eigenvalue weighted by Crippen LogP contribution is -2.12. The number of anilines is 1. The summed E-state index contributed by atoms with van der Waals surface area (Å²) in [6.45, 7) is 0.517. The van der Waals surface area contributed by atoms with Crippen LogP contribution in [-0.4, -0.2) is 12.5 Å².